The fourth-order valence-corrected chi connectivity index (χ4v) is 8.11. The van der Waals surface area contributed by atoms with Gasteiger partial charge >= 0.3 is 0 Å². The van der Waals surface area contributed by atoms with E-state index in [1.54, 1.807) is 0 Å². The van der Waals surface area contributed by atoms with Crippen LogP contribution in [0.3, 0.4) is 0 Å². The molecule has 0 fully saturated rings. The number of rotatable bonds is 7. The molecule has 2 nitrogen and oxygen atoms in total. The van der Waals surface area contributed by atoms with Crippen LogP contribution in [-0.4, -0.2) is 0 Å². The molecule has 0 amide bonds. The maximum Gasteiger partial charge on any atom is 0.136 e. The van der Waals surface area contributed by atoms with Gasteiger partial charge in [0.2, 0.25) is 0 Å². The molecule has 9 aromatic carbocycles. The fourth-order valence-electron chi connectivity index (χ4n) is 8.11. The molecule has 0 radical (unpaired) electrons. The summed E-state index contributed by atoms with van der Waals surface area (Å²) in [6, 6.07) is 73.5. The van der Waals surface area contributed by atoms with E-state index >= 15 is 0 Å². The Kier molecular flexibility index (Phi) is 7.85. The van der Waals surface area contributed by atoms with Gasteiger partial charge in [0.25, 0.3) is 0 Å². The lowest BCUT2D eigenvalue weighted by molar-refractivity contribution is 0.669. The number of furan rings is 1. The molecule has 2 heteroatoms. The summed E-state index contributed by atoms with van der Waals surface area (Å²) >= 11 is 0. The first-order valence-corrected chi connectivity index (χ1v) is 18.4. The summed E-state index contributed by atoms with van der Waals surface area (Å²) in [6.07, 6.45) is 0. The lowest BCUT2D eigenvalue weighted by Crippen LogP contribution is -2.01. The van der Waals surface area contributed by atoms with E-state index in [0.29, 0.717) is 0 Å². The van der Waals surface area contributed by atoms with E-state index in [9.17, 15) is 0 Å². The average Bonchev–Trinajstić information content (AvgIpc) is 3.63. The molecule has 254 valence electrons. The van der Waals surface area contributed by atoms with Crippen molar-refractivity contribution >= 4 is 44.1 Å². The highest BCUT2D eigenvalue weighted by Crippen LogP contribution is 2.51. The molecular weight excluding hydrogens is 655 g/mol. The Morgan fingerprint density at radius 3 is 1.67 bits per heavy atom. The highest BCUT2D eigenvalue weighted by atomic mass is 16.3. The number of fused-ring (bicyclic) bond motifs is 4. The predicted molar refractivity (Wildman–Crippen MR) is 228 cm³/mol. The molecule has 0 saturated heterocycles. The third-order valence-corrected chi connectivity index (χ3v) is 10.5. The van der Waals surface area contributed by atoms with Gasteiger partial charge in [0.1, 0.15) is 11.2 Å². The second-order valence-corrected chi connectivity index (χ2v) is 13.7. The number of nitrogens with one attached hydrogen (secondary N) is 1. The summed E-state index contributed by atoms with van der Waals surface area (Å²) in [5.74, 6) is 0. The molecular formula is C52H35NO. The third kappa shape index (κ3) is 5.44. The Labute approximate surface area is 314 Å². The molecule has 0 saturated carbocycles. The van der Waals surface area contributed by atoms with Crippen molar-refractivity contribution in [1.82, 2.24) is 0 Å². The molecule has 1 heterocycles. The van der Waals surface area contributed by atoms with Crippen molar-refractivity contribution in [1.29, 1.82) is 0 Å². The summed E-state index contributed by atoms with van der Waals surface area (Å²) in [5.41, 5.74) is 15.4. The van der Waals surface area contributed by atoms with Crippen LogP contribution in [0.1, 0.15) is 0 Å². The number of anilines is 2. The summed E-state index contributed by atoms with van der Waals surface area (Å²) in [7, 11) is 0. The van der Waals surface area contributed by atoms with Gasteiger partial charge < -0.3 is 9.73 Å². The van der Waals surface area contributed by atoms with E-state index in [4.69, 9.17) is 4.42 Å². The highest BCUT2D eigenvalue weighted by molar-refractivity contribution is 6.17. The number of hydrogen-bond donors (Lipinski definition) is 1. The van der Waals surface area contributed by atoms with Crippen LogP contribution in [0.15, 0.2) is 211 Å². The van der Waals surface area contributed by atoms with Crippen molar-refractivity contribution in [2.45, 2.75) is 0 Å². The van der Waals surface area contributed by atoms with E-state index < -0.39 is 0 Å². The van der Waals surface area contributed by atoms with Gasteiger partial charge in [-0.05, 0) is 74.0 Å². The van der Waals surface area contributed by atoms with Crippen molar-refractivity contribution in [3.8, 4) is 55.6 Å². The van der Waals surface area contributed by atoms with Crippen molar-refractivity contribution in [3.63, 3.8) is 0 Å². The monoisotopic (exact) mass is 689 g/mol. The molecule has 0 aliphatic heterocycles. The first-order valence-electron chi connectivity index (χ1n) is 18.4. The smallest absolute Gasteiger partial charge is 0.136 e. The lowest BCUT2D eigenvalue weighted by Gasteiger charge is -2.24. The van der Waals surface area contributed by atoms with Gasteiger partial charge in [0.15, 0.2) is 0 Å². The van der Waals surface area contributed by atoms with Gasteiger partial charge in [-0.3, -0.25) is 0 Å². The molecule has 0 aliphatic carbocycles. The van der Waals surface area contributed by atoms with Crippen LogP contribution in [0, 0.1) is 0 Å². The summed E-state index contributed by atoms with van der Waals surface area (Å²) in [5, 5.41) is 8.61. The number of para-hydroxylation sites is 2. The maximum absolute atomic E-state index is 6.47. The minimum absolute atomic E-state index is 0.877. The lowest BCUT2D eigenvalue weighted by atomic mass is 9.81. The van der Waals surface area contributed by atoms with Crippen molar-refractivity contribution < 1.29 is 4.42 Å². The molecule has 1 aromatic heterocycles. The average molecular weight is 690 g/mol. The van der Waals surface area contributed by atoms with Gasteiger partial charge in [0.05, 0.1) is 0 Å². The van der Waals surface area contributed by atoms with Crippen LogP contribution in [-0.2, 0) is 0 Å². The Hall–Kier alpha value is -7.16. The van der Waals surface area contributed by atoms with Gasteiger partial charge in [0, 0.05) is 38.8 Å². The Bertz CT molecular complexity index is 2950. The Balaban J connectivity index is 1.35. The first kappa shape index (κ1) is 31.6. The van der Waals surface area contributed by atoms with Crippen molar-refractivity contribution in [3.05, 3.63) is 206 Å². The van der Waals surface area contributed by atoms with Crippen LogP contribution in [0.2, 0.25) is 0 Å². The fraction of sp³-hybridized carbons (Fsp3) is 0. The summed E-state index contributed by atoms with van der Waals surface area (Å²) in [6.45, 7) is 0. The first-order chi connectivity index (χ1) is 26.8. The van der Waals surface area contributed by atoms with Gasteiger partial charge in [-0.15, -0.1) is 0 Å². The molecule has 0 unspecified atom stereocenters. The van der Waals surface area contributed by atoms with Crippen LogP contribution < -0.4 is 5.32 Å². The topological polar surface area (TPSA) is 25.2 Å². The van der Waals surface area contributed by atoms with E-state index in [0.717, 1.165) is 77.8 Å². The molecule has 1 N–H and O–H groups in total. The van der Waals surface area contributed by atoms with Crippen molar-refractivity contribution in [2.75, 3.05) is 5.32 Å². The SMILES string of the molecule is c1ccc(-c2ccccc2Nc2ccc(-c3cccc4oc5ccccc5c34)c(-c3ccccc3-c3ccccc3)c2-c2cccc3ccccc23)cc1. The number of hydrogen-bond acceptors (Lipinski definition) is 2. The second-order valence-electron chi connectivity index (χ2n) is 13.7. The Morgan fingerprint density at radius 1 is 0.296 bits per heavy atom. The highest BCUT2D eigenvalue weighted by Gasteiger charge is 2.24. The van der Waals surface area contributed by atoms with E-state index in [2.05, 4.69) is 206 Å². The van der Waals surface area contributed by atoms with E-state index in [1.165, 1.54) is 21.9 Å². The zero-order valence-electron chi connectivity index (χ0n) is 29.5. The predicted octanol–water partition coefficient (Wildman–Crippen LogP) is 14.8. The van der Waals surface area contributed by atoms with Crippen LogP contribution in [0.5, 0.6) is 0 Å². The van der Waals surface area contributed by atoms with E-state index in [1.807, 2.05) is 6.07 Å². The standard InChI is InChI=1S/C52H35NO/c1-3-17-35(18-4-1)38-24-9-10-26-41(38)51-44(43-29-16-32-49-50(43)45-27-12-14-31-48(45)54-49)33-34-47(52(51)42-28-15-22-36-21-7-8-23-39(36)42)53-46-30-13-11-25-40(46)37-19-5-2-6-20-37/h1-34,53H. The minimum atomic E-state index is 0.877. The maximum atomic E-state index is 6.47. The quantitative estimate of drug-likeness (QED) is 0.180. The van der Waals surface area contributed by atoms with Gasteiger partial charge in [-0.2, -0.15) is 0 Å². The molecule has 0 spiro atoms. The van der Waals surface area contributed by atoms with Crippen molar-refractivity contribution in [2.24, 2.45) is 0 Å². The largest absolute Gasteiger partial charge is 0.456 e. The molecule has 0 atom stereocenters. The molecule has 0 bridgehead atoms. The van der Waals surface area contributed by atoms with Gasteiger partial charge in [-0.25, -0.2) is 0 Å². The molecule has 0 aliphatic rings. The second kappa shape index (κ2) is 13.4. The summed E-state index contributed by atoms with van der Waals surface area (Å²) < 4.78 is 6.47. The van der Waals surface area contributed by atoms with Gasteiger partial charge in [-0.1, -0.05) is 182 Å². The summed E-state index contributed by atoms with van der Waals surface area (Å²) in [4.78, 5) is 0. The normalized spacial score (nSPS) is 11.3. The zero-order chi connectivity index (χ0) is 35.8. The molecule has 10 rings (SSSR count). The Morgan fingerprint density at radius 2 is 0.852 bits per heavy atom. The van der Waals surface area contributed by atoms with Crippen LogP contribution in [0.4, 0.5) is 11.4 Å². The number of benzene rings is 9. The van der Waals surface area contributed by atoms with Crippen LogP contribution in [0.25, 0.3) is 88.3 Å². The molecule has 54 heavy (non-hydrogen) atoms. The van der Waals surface area contributed by atoms with Crippen LogP contribution >= 0.6 is 0 Å². The minimum Gasteiger partial charge on any atom is -0.456 e. The zero-order valence-corrected chi connectivity index (χ0v) is 29.5. The third-order valence-electron chi connectivity index (χ3n) is 10.5. The van der Waals surface area contributed by atoms with E-state index in [-0.39, 0.29) is 0 Å². The molecule has 10 aromatic rings.